The van der Waals surface area contributed by atoms with Crippen LogP contribution in [0.4, 0.5) is 5.82 Å². The number of hydrogen-bond donors (Lipinski definition) is 2. The molecular weight excluding hydrogens is 292 g/mol. The number of primary amides is 1. The van der Waals surface area contributed by atoms with Gasteiger partial charge in [-0.05, 0) is 24.5 Å². The number of aliphatic hydroxyl groups is 1. The minimum atomic E-state index is -1.48. The molecule has 3 N–H and O–H groups in total. The van der Waals surface area contributed by atoms with Crippen LogP contribution in [0.5, 0.6) is 0 Å². The number of anilines is 1. The van der Waals surface area contributed by atoms with Crippen molar-refractivity contribution in [3.05, 3.63) is 54.0 Å². The van der Waals surface area contributed by atoms with E-state index in [1.54, 1.807) is 12.3 Å². The fraction of sp³-hybridized carbons (Fsp3) is 0.353. The average Bonchev–Trinajstić information content (AvgIpc) is 2.56. The molecule has 0 radical (unpaired) electrons. The molecule has 1 aromatic heterocycles. The third-order valence-corrected chi connectivity index (χ3v) is 4.15. The summed E-state index contributed by atoms with van der Waals surface area (Å²) in [7, 11) is 0. The molecule has 1 aromatic carbocycles. The highest BCUT2D eigenvalue weighted by Gasteiger charge is 2.39. The van der Waals surface area contributed by atoms with Gasteiger partial charge in [0.05, 0.1) is 6.54 Å². The molecule has 0 aliphatic carbocycles. The standard InChI is InChI=1S/C17H20N4O2/c18-16(22)17(23)8-4-10-21(12-17)15-7-9-19-14(20-15)11-13-5-2-1-3-6-13/h1-3,5-7,9,23H,4,8,10-12H2,(H2,18,22). The molecule has 1 atom stereocenters. The maximum Gasteiger partial charge on any atom is 0.251 e. The second-order valence-corrected chi connectivity index (χ2v) is 5.91. The molecule has 120 valence electrons. The van der Waals surface area contributed by atoms with Gasteiger partial charge in [-0.25, -0.2) is 9.97 Å². The topological polar surface area (TPSA) is 92.3 Å². The molecule has 1 aliphatic heterocycles. The van der Waals surface area contributed by atoms with Crippen LogP contribution in [0.25, 0.3) is 0 Å². The van der Waals surface area contributed by atoms with Crippen molar-refractivity contribution in [2.45, 2.75) is 24.9 Å². The number of amides is 1. The monoisotopic (exact) mass is 312 g/mol. The third kappa shape index (κ3) is 3.48. The first-order valence-electron chi connectivity index (χ1n) is 7.70. The fourth-order valence-electron chi connectivity index (χ4n) is 2.86. The summed E-state index contributed by atoms with van der Waals surface area (Å²) in [4.78, 5) is 22.2. The van der Waals surface area contributed by atoms with Crippen LogP contribution in [-0.4, -0.2) is 39.7 Å². The number of β-amino-alcohol motifs (C(OH)–C–C–N with tert-alkyl or cyclic N) is 1. The van der Waals surface area contributed by atoms with Gasteiger partial charge in [0.2, 0.25) is 0 Å². The van der Waals surface area contributed by atoms with Crippen LogP contribution in [0.3, 0.4) is 0 Å². The number of carbonyl (C=O) groups is 1. The Morgan fingerprint density at radius 1 is 1.30 bits per heavy atom. The molecule has 6 nitrogen and oxygen atoms in total. The van der Waals surface area contributed by atoms with Crippen LogP contribution in [-0.2, 0) is 11.2 Å². The molecule has 0 saturated carbocycles. The highest BCUT2D eigenvalue weighted by Crippen LogP contribution is 2.24. The van der Waals surface area contributed by atoms with E-state index in [2.05, 4.69) is 9.97 Å². The molecular formula is C17H20N4O2. The fourth-order valence-corrected chi connectivity index (χ4v) is 2.86. The van der Waals surface area contributed by atoms with Crippen molar-refractivity contribution in [1.29, 1.82) is 0 Å². The Bertz CT molecular complexity index is 692. The summed E-state index contributed by atoms with van der Waals surface area (Å²) >= 11 is 0. The lowest BCUT2D eigenvalue weighted by atomic mass is 9.92. The molecule has 1 amide bonds. The van der Waals surface area contributed by atoms with E-state index < -0.39 is 11.5 Å². The maximum atomic E-state index is 11.5. The summed E-state index contributed by atoms with van der Waals surface area (Å²) in [5, 5.41) is 10.3. The van der Waals surface area contributed by atoms with Gasteiger partial charge in [-0.2, -0.15) is 0 Å². The second-order valence-electron chi connectivity index (χ2n) is 5.91. The molecule has 3 rings (SSSR count). The van der Waals surface area contributed by atoms with E-state index in [0.29, 0.717) is 30.9 Å². The lowest BCUT2D eigenvalue weighted by Gasteiger charge is -2.37. The van der Waals surface area contributed by atoms with E-state index >= 15 is 0 Å². The zero-order chi connectivity index (χ0) is 16.3. The van der Waals surface area contributed by atoms with Crippen molar-refractivity contribution in [3.63, 3.8) is 0 Å². The number of rotatable bonds is 4. The van der Waals surface area contributed by atoms with Crippen LogP contribution in [0.2, 0.25) is 0 Å². The van der Waals surface area contributed by atoms with E-state index in [0.717, 1.165) is 12.1 Å². The molecule has 2 aromatic rings. The van der Waals surface area contributed by atoms with Crippen molar-refractivity contribution in [1.82, 2.24) is 9.97 Å². The number of aromatic nitrogens is 2. The Labute approximate surface area is 135 Å². The quantitative estimate of drug-likeness (QED) is 0.874. The summed E-state index contributed by atoms with van der Waals surface area (Å²) in [6.07, 6.45) is 3.43. The van der Waals surface area contributed by atoms with Crippen LogP contribution in [0.1, 0.15) is 24.2 Å². The number of nitrogens with two attached hydrogens (primary N) is 1. The zero-order valence-electron chi connectivity index (χ0n) is 12.9. The van der Waals surface area contributed by atoms with E-state index in [-0.39, 0.29) is 6.54 Å². The van der Waals surface area contributed by atoms with Crippen molar-refractivity contribution in [2.24, 2.45) is 5.73 Å². The highest BCUT2D eigenvalue weighted by molar-refractivity contribution is 5.84. The van der Waals surface area contributed by atoms with Crippen molar-refractivity contribution >= 4 is 11.7 Å². The van der Waals surface area contributed by atoms with Crippen LogP contribution < -0.4 is 10.6 Å². The lowest BCUT2D eigenvalue weighted by Crippen LogP contribution is -2.56. The van der Waals surface area contributed by atoms with Gasteiger partial charge < -0.3 is 15.7 Å². The van der Waals surface area contributed by atoms with Crippen molar-refractivity contribution < 1.29 is 9.90 Å². The average molecular weight is 312 g/mol. The Kier molecular flexibility index (Phi) is 4.25. The Morgan fingerprint density at radius 3 is 2.83 bits per heavy atom. The summed E-state index contributed by atoms with van der Waals surface area (Å²) in [5.74, 6) is 0.743. The lowest BCUT2D eigenvalue weighted by molar-refractivity contribution is -0.137. The smallest absolute Gasteiger partial charge is 0.251 e. The number of hydrogen-bond acceptors (Lipinski definition) is 5. The molecule has 23 heavy (non-hydrogen) atoms. The number of benzene rings is 1. The first-order valence-corrected chi connectivity index (χ1v) is 7.70. The Hall–Kier alpha value is -2.47. The van der Waals surface area contributed by atoms with Crippen molar-refractivity contribution in [2.75, 3.05) is 18.0 Å². The molecule has 1 fully saturated rings. The molecule has 1 aliphatic rings. The van der Waals surface area contributed by atoms with Gasteiger partial charge in [0.25, 0.3) is 5.91 Å². The Balaban J connectivity index is 1.78. The highest BCUT2D eigenvalue weighted by atomic mass is 16.3. The van der Waals surface area contributed by atoms with Gasteiger partial charge in [0, 0.05) is 19.2 Å². The summed E-state index contributed by atoms with van der Waals surface area (Å²) < 4.78 is 0. The van der Waals surface area contributed by atoms with Gasteiger partial charge in [-0.3, -0.25) is 4.79 Å². The first kappa shape index (κ1) is 15.4. The molecule has 2 heterocycles. The largest absolute Gasteiger partial charge is 0.378 e. The summed E-state index contributed by atoms with van der Waals surface area (Å²) in [5.41, 5.74) is 4.98. The molecule has 1 saturated heterocycles. The number of piperidine rings is 1. The zero-order valence-corrected chi connectivity index (χ0v) is 12.9. The van der Waals surface area contributed by atoms with E-state index in [1.807, 2.05) is 35.2 Å². The number of nitrogens with zero attached hydrogens (tertiary/aromatic N) is 3. The summed E-state index contributed by atoms with van der Waals surface area (Å²) in [6.45, 7) is 0.904. The minimum Gasteiger partial charge on any atom is -0.378 e. The maximum absolute atomic E-state index is 11.5. The second kappa shape index (κ2) is 6.34. The molecule has 0 spiro atoms. The predicted octanol–water partition coefficient (Wildman–Crippen LogP) is 0.884. The van der Waals surface area contributed by atoms with Crippen LogP contribution in [0, 0.1) is 0 Å². The minimum absolute atomic E-state index is 0.171. The normalized spacial score (nSPS) is 21.2. The predicted molar refractivity (Wildman–Crippen MR) is 86.9 cm³/mol. The van der Waals surface area contributed by atoms with Gasteiger partial charge in [0.15, 0.2) is 5.60 Å². The first-order chi connectivity index (χ1) is 11.1. The molecule has 0 bridgehead atoms. The van der Waals surface area contributed by atoms with Crippen LogP contribution in [0.15, 0.2) is 42.6 Å². The number of carbonyl (C=O) groups excluding carboxylic acids is 1. The van der Waals surface area contributed by atoms with E-state index in [1.165, 1.54) is 0 Å². The molecule has 1 unspecified atom stereocenters. The van der Waals surface area contributed by atoms with E-state index in [9.17, 15) is 9.90 Å². The van der Waals surface area contributed by atoms with Gasteiger partial charge in [0.1, 0.15) is 11.6 Å². The summed E-state index contributed by atoms with van der Waals surface area (Å²) in [6, 6.07) is 11.8. The van der Waals surface area contributed by atoms with Crippen molar-refractivity contribution in [3.8, 4) is 0 Å². The SMILES string of the molecule is NC(=O)C1(O)CCCN(c2ccnc(Cc3ccccc3)n2)C1. The Morgan fingerprint density at radius 2 is 2.09 bits per heavy atom. The van der Waals surface area contributed by atoms with Gasteiger partial charge in [-0.1, -0.05) is 30.3 Å². The van der Waals surface area contributed by atoms with Gasteiger partial charge in [-0.15, -0.1) is 0 Å². The van der Waals surface area contributed by atoms with Crippen LogP contribution >= 0.6 is 0 Å². The van der Waals surface area contributed by atoms with Gasteiger partial charge >= 0.3 is 0 Å². The molecule has 6 heteroatoms. The third-order valence-electron chi connectivity index (χ3n) is 4.15. The van der Waals surface area contributed by atoms with E-state index in [4.69, 9.17) is 5.73 Å².